The molecule has 0 radical (unpaired) electrons. The van der Waals surface area contributed by atoms with E-state index < -0.39 is 0 Å². The maximum atomic E-state index is 4.03. The van der Waals surface area contributed by atoms with Crippen molar-refractivity contribution >= 4 is 0 Å². The quantitative estimate of drug-likeness (QED) is 0.384. The second-order valence-corrected chi connectivity index (χ2v) is 8.70. The first-order chi connectivity index (χ1) is 14.1. The molecule has 4 rings (SSSR count). The van der Waals surface area contributed by atoms with Gasteiger partial charge in [-0.1, -0.05) is 85.6 Å². The highest BCUT2D eigenvalue weighted by atomic mass is 14.3. The molecular weight excluding hydrogens is 348 g/mol. The predicted molar refractivity (Wildman–Crippen MR) is 126 cm³/mol. The van der Waals surface area contributed by atoms with Gasteiger partial charge in [0.15, 0.2) is 0 Å². The average molecular weight is 381 g/mol. The molecular formula is C29H32. The van der Waals surface area contributed by atoms with E-state index in [9.17, 15) is 0 Å². The molecule has 29 heavy (non-hydrogen) atoms. The van der Waals surface area contributed by atoms with Crippen LogP contribution in [-0.2, 0) is 25.7 Å². The lowest BCUT2D eigenvalue weighted by Crippen LogP contribution is -2.06. The van der Waals surface area contributed by atoms with E-state index in [4.69, 9.17) is 0 Å². The zero-order chi connectivity index (χ0) is 20.2. The van der Waals surface area contributed by atoms with Crippen LogP contribution in [0.1, 0.15) is 60.4 Å². The number of benzene rings is 3. The molecule has 0 heteroatoms. The van der Waals surface area contributed by atoms with Crippen LogP contribution in [0.25, 0.3) is 11.1 Å². The Bertz CT molecular complexity index is 991. The number of rotatable bonds is 6. The molecule has 0 saturated carbocycles. The standard InChI is InChI=1S/C29H32/c1-4-7-23-14-17-29-27(18-23)20-26(19-25-8-5-6-9-28(25)29)24-15-12-22(13-16-24)11-10-21(2)3/h5-6,8-9,12-18,26H,2,4,7,10-11,19-20H2,1,3H3. The van der Waals surface area contributed by atoms with Crippen LogP contribution in [0.5, 0.6) is 0 Å². The van der Waals surface area contributed by atoms with Gasteiger partial charge in [-0.25, -0.2) is 0 Å². The first-order valence-electron chi connectivity index (χ1n) is 11.1. The van der Waals surface area contributed by atoms with Crippen LogP contribution in [0.3, 0.4) is 0 Å². The Morgan fingerprint density at radius 1 is 0.828 bits per heavy atom. The molecule has 0 aliphatic heterocycles. The number of aryl methyl sites for hydroxylation is 2. The maximum absolute atomic E-state index is 4.03. The summed E-state index contributed by atoms with van der Waals surface area (Å²) in [5, 5.41) is 0. The summed E-state index contributed by atoms with van der Waals surface area (Å²) in [6, 6.07) is 25.5. The fourth-order valence-corrected chi connectivity index (χ4v) is 4.64. The van der Waals surface area contributed by atoms with Crippen molar-refractivity contribution in [2.45, 2.75) is 58.3 Å². The Morgan fingerprint density at radius 3 is 2.28 bits per heavy atom. The van der Waals surface area contributed by atoms with Gasteiger partial charge in [0.25, 0.3) is 0 Å². The molecule has 0 nitrogen and oxygen atoms in total. The molecule has 148 valence electrons. The van der Waals surface area contributed by atoms with Gasteiger partial charge in [0.2, 0.25) is 0 Å². The summed E-state index contributed by atoms with van der Waals surface area (Å²) < 4.78 is 0. The summed E-state index contributed by atoms with van der Waals surface area (Å²) in [6.07, 6.45) is 6.75. The van der Waals surface area contributed by atoms with Crippen molar-refractivity contribution in [2.75, 3.05) is 0 Å². The van der Waals surface area contributed by atoms with E-state index in [1.807, 2.05) is 0 Å². The van der Waals surface area contributed by atoms with Crippen LogP contribution in [0.2, 0.25) is 0 Å². The van der Waals surface area contributed by atoms with Crippen molar-refractivity contribution in [1.29, 1.82) is 0 Å². The SMILES string of the molecule is C=C(C)CCc1ccc(C2Cc3ccccc3-c3ccc(CCC)cc3C2)cc1. The van der Waals surface area contributed by atoms with E-state index in [-0.39, 0.29) is 0 Å². The van der Waals surface area contributed by atoms with E-state index in [0.29, 0.717) is 5.92 Å². The third-order valence-electron chi connectivity index (χ3n) is 6.24. The minimum atomic E-state index is 0.532. The second kappa shape index (κ2) is 8.82. The molecule has 1 unspecified atom stereocenters. The van der Waals surface area contributed by atoms with Gasteiger partial charge < -0.3 is 0 Å². The molecule has 0 spiro atoms. The number of allylic oxidation sites excluding steroid dienone is 1. The van der Waals surface area contributed by atoms with E-state index in [1.54, 1.807) is 0 Å². The first-order valence-corrected chi connectivity index (χ1v) is 11.1. The Hall–Kier alpha value is -2.60. The van der Waals surface area contributed by atoms with Gasteiger partial charge in [-0.15, -0.1) is 6.58 Å². The largest absolute Gasteiger partial charge is 0.100 e. The Morgan fingerprint density at radius 2 is 1.52 bits per heavy atom. The molecule has 1 aliphatic rings. The van der Waals surface area contributed by atoms with Crippen LogP contribution >= 0.6 is 0 Å². The van der Waals surface area contributed by atoms with Gasteiger partial charge in [-0.2, -0.15) is 0 Å². The van der Waals surface area contributed by atoms with Gasteiger partial charge in [0.05, 0.1) is 0 Å². The molecule has 1 aliphatic carbocycles. The number of fused-ring (bicyclic) bond motifs is 3. The zero-order valence-corrected chi connectivity index (χ0v) is 17.9. The van der Waals surface area contributed by atoms with Crippen LogP contribution in [0.4, 0.5) is 0 Å². The summed E-state index contributed by atoms with van der Waals surface area (Å²) in [5.74, 6) is 0.532. The van der Waals surface area contributed by atoms with E-state index in [0.717, 1.165) is 32.1 Å². The smallest absolute Gasteiger partial charge is 0.00806 e. The molecule has 3 aromatic carbocycles. The van der Waals surface area contributed by atoms with Crippen molar-refractivity contribution < 1.29 is 0 Å². The topological polar surface area (TPSA) is 0 Å². The van der Waals surface area contributed by atoms with Gasteiger partial charge in [0.1, 0.15) is 0 Å². The lowest BCUT2D eigenvalue weighted by molar-refractivity contribution is 0.687. The van der Waals surface area contributed by atoms with Crippen molar-refractivity contribution in [3.05, 3.63) is 107 Å². The summed E-state index contributed by atoms with van der Waals surface area (Å²) in [7, 11) is 0. The summed E-state index contributed by atoms with van der Waals surface area (Å²) >= 11 is 0. The molecule has 0 N–H and O–H groups in total. The van der Waals surface area contributed by atoms with Gasteiger partial charge in [-0.3, -0.25) is 0 Å². The van der Waals surface area contributed by atoms with Crippen LogP contribution in [0, 0.1) is 0 Å². The first kappa shape index (κ1) is 19.7. The molecule has 0 aromatic heterocycles. The lowest BCUT2D eigenvalue weighted by atomic mass is 9.87. The maximum Gasteiger partial charge on any atom is -0.00806 e. The number of hydrogen-bond acceptors (Lipinski definition) is 0. The van der Waals surface area contributed by atoms with Crippen molar-refractivity contribution in [3.8, 4) is 11.1 Å². The summed E-state index contributed by atoms with van der Waals surface area (Å²) in [6.45, 7) is 8.41. The van der Waals surface area contributed by atoms with Crippen molar-refractivity contribution in [1.82, 2.24) is 0 Å². The van der Waals surface area contributed by atoms with Gasteiger partial charge >= 0.3 is 0 Å². The van der Waals surface area contributed by atoms with Gasteiger partial charge in [-0.05, 0) is 83.9 Å². The molecule has 0 saturated heterocycles. The van der Waals surface area contributed by atoms with Crippen molar-refractivity contribution in [2.24, 2.45) is 0 Å². The van der Waals surface area contributed by atoms with E-state index >= 15 is 0 Å². The summed E-state index contributed by atoms with van der Waals surface area (Å²) in [4.78, 5) is 0. The highest BCUT2D eigenvalue weighted by Crippen LogP contribution is 2.38. The second-order valence-electron chi connectivity index (χ2n) is 8.70. The molecule has 3 aromatic rings. The van der Waals surface area contributed by atoms with Gasteiger partial charge in [0, 0.05) is 0 Å². The van der Waals surface area contributed by atoms with Crippen LogP contribution in [-0.4, -0.2) is 0 Å². The zero-order valence-electron chi connectivity index (χ0n) is 17.9. The molecule has 0 fully saturated rings. The van der Waals surface area contributed by atoms with E-state index in [1.165, 1.54) is 50.9 Å². The highest BCUT2D eigenvalue weighted by molar-refractivity contribution is 5.72. The predicted octanol–water partition coefficient (Wildman–Crippen LogP) is 7.70. The third-order valence-corrected chi connectivity index (χ3v) is 6.24. The van der Waals surface area contributed by atoms with Crippen LogP contribution in [0.15, 0.2) is 78.9 Å². The third kappa shape index (κ3) is 4.53. The lowest BCUT2D eigenvalue weighted by Gasteiger charge is -2.17. The summed E-state index contributed by atoms with van der Waals surface area (Å²) in [5.41, 5.74) is 11.5. The highest BCUT2D eigenvalue weighted by Gasteiger charge is 2.22. The fourth-order valence-electron chi connectivity index (χ4n) is 4.64. The van der Waals surface area contributed by atoms with Crippen LogP contribution < -0.4 is 0 Å². The average Bonchev–Trinajstić information content (AvgIpc) is 2.89. The molecule has 0 heterocycles. The Kier molecular flexibility index (Phi) is 6.00. The number of hydrogen-bond donors (Lipinski definition) is 0. The molecule has 1 atom stereocenters. The van der Waals surface area contributed by atoms with E-state index in [2.05, 4.69) is 87.2 Å². The minimum Gasteiger partial charge on any atom is -0.100 e. The monoisotopic (exact) mass is 380 g/mol. The Labute approximate surface area is 176 Å². The normalized spacial score (nSPS) is 15.3. The molecule has 0 amide bonds. The molecule has 0 bridgehead atoms. The minimum absolute atomic E-state index is 0.532. The fraction of sp³-hybridized carbons (Fsp3) is 0.310. The Balaban J connectivity index is 1.67. The van der Waals surface area contributed by atoms with Crippen molar-refractivity contribution in [3.63, 3.8) is 0 Å².